The second-order valence-electron chi connectivity index (χ2n) is 12.8. The van der Waals surface area contributed by atoms with Crippen LogP contribution in [0.3, 0.4) is 0 Å². The third-order valence-corrected chi connectivity index (χ3v) is 7.89. The number of hydrogen-bond acceptors (Lipinski definition) is 6. The summed E-state index contributed by atoms with van der Waals surface area (Å²) in [6.07, 6.45) is 0.268. The Labute approximate surface area is 265 Å². The van der Waals surface area contributed by atoms with Crippen LogP contribution >= 0.6 is 0 Å². The van der Waals surface area contributed by atoms with Gasteiger partial charge >= 0.3 is 6.03 Å². The predicted molar refractivity (Wildman–Crippen MR) is 179 cm³/mol. The Bertz CT molecular complexity index is 1660. The van der Waals surface area contributed by atoms with Crippen LogP contribution in [0.2, 0.25) is 0 Å². The maximum absolute atomic E-state index is 13.4. The van der Waals surface area contributed by atoms with Gasteiger partial charge < -0.3 is 19.7 Å². The molecule has 2 N–H and O–H groups in total. The Morgan fingerprint density at radius 2 is 1.80 bits per heavy atom. The zero-order valence-electron chi connectivity index (χ0n) is 27.1. The van der Waals surface area contributed by atoms with Crippen LogP contribution in [-0.4, -0.2) is 84.6 Å². The lowest BCUT2D eigenvalue weighted by atomic mass is 9.92. The molecule has 45 heavy (non-hydrogen) atoms. The molecule has 1 saturated heterocycles. The van der Waals surface area contributed by atoms with Gasteiger partial charge in [-0.3, -0.25) is 15.0 Å². The summed E-state index contributed by atoms with van der Waals surface area (Å²) in [5.74, 6) is 1.40. The average Bonchev–Trinajstić information content (AvgIpc) is 3.43. The summed E-state index contributed by atoms with van der Waals surface area (Å²) < 4.78 is 13.8. The van der Waals surface area contributed by atoms with Gasteiger partial charge in [0.1, 0.15) is 18.2 Å². The molecule has 5 rings (SSSR count). The highest BCUT2D eigenvalue weighted by atomic mass is 16.5. The molecule has 1 aliphatic heterocycles. The summed E-state index contributed by atoms with van der Waals surface area (Å²) >= 11 is 0. The number of hydrogen-bond donors (Lipinski definition) is 2. The number of aryl methyl sites for hydroxylation is 1. The lowest BCUT2D eigenvalue weighted by Crippen LogP contribution is -2.45. The molecule has 1 fully saturated rings. The molecule has 0 saturated carbocycles. The number of aromatic nitrogens is 2. The van der Waals surface area contributed by atoms with E-state index in [1.807, 2.05) is 73.7 Å². The first-order chi connectivity index (χ1) is 21.5. The van der Waals surface area contributed by atoms with Crippen LogP contribution in [-0.2, 0) is 14.9 Å². The number of urea groups is 1. The van der Waals surface area contributed by atoms with Gasteiger partial charge in [0.2, 0.25) is 5.91 Å². The highest BCUT2D eigenvalue weighted by molar-refractivity contribution is 6.07. The predicted octanol–water partition coefficient (Wildman–Crippen LogP) is 5.83. The van der Waals surface area contributed by atoms with Gasteiger partial charge in [-0.1, -0.05) is 57.2 Å². The fourth-order valence-corrected chi connectivity index (χ4v) is 5.34. The average molecular weight is 613 g/mol. The number of amides is 3. The van der Waals surface area contributed by atoms with Crippen molar-refractivity contribution in [3.63, 3.8) is 0 Å². The summed E-state index contributed by atoms with van der Waals surface area (Å²) in [5, 5.41) is 12.7. The minimum absolute atomic E-state index is 0.0681. The highest BCUT2D eigenvalue weighted by Crippen LogP contribution is 2.32. The van der Waals surface area contributed by atoms with Crippen molar-refractivity contribution in [2.45, 2.75) is 45.6 Å². The normalized spacial score (nSPS) is 15.6. The van der Waals surface area contributed by atoms with Gasteiger partial charge in [0.15, 0.2) is 0 Å². The first-order valence-corrected chi connectivity index (χ1v) is 15.4. The van der Waals surface area contributed by atoms with Gasteiger partial charge in [-0.05, 0) is 36.8 Å². The Morgan fingerprint density at radius 3 is 2.53 bits per heavy atom. The van der Waals surface area contributed by atoms with Gasteiger partial charge in [-0.15, -0.1) is 0 Å². The summed E-state index contributed by atoms with van der Waals surface area (Å²) in [7, 11) is 3.53. The number of nitrogens with one attached hydrogen (secondary N) is 2. The monoisotopic (exact) mass is 612 g/mol. The van der Waals surface area contributed by atoms with E-state index in [2.05, 4.69) is 36.3 Å². The fourth-order valence-electron chi connectivity index (χ4n) is 5.34. The molecule has 0 bridgehead atoms. The van der Waals surface area contributed by atoms with Gasteiger partial charge in [0.05, 0.1) is 36.2 Å². The molecule has 1 atom stereocenters. The first-order valence-electron chi connectivity index (χ1n) is 15.4. The van der Waals surface area contributed by atoms with E-state index in [0.717, 1.165) is 46.6 Å². The number of rotatable bonds is 9. The molecule has 4 aromatic rings. The summed E-state index contributed by atoms with van der Waals surface area (Å²) in [6.45, 7) is 11.6. The third-order valence-electron chi connectivity index (χ3n) is 7.89. The number of morpholine rings is 1. The summed E-state index contributed by atoms with van der Waals surface area (Å²) in [4.78, 5) is 29.4. The largest absolute Gasteiger partial charge is 0.492 e. The quantitative estimate of drug-likeness (QED) is 0.247. The molecular weight excluding hydrogens is 568 g/mol. The molecule has 0 radical (unpaired) electrons. The molecule has 10 heteroatoms. The molecule has 1 unspecified atom stereocenters. The number of carbonyl (C=O) groups excluding carboxylic acids is 2. The van der Waals surface area contributed by atoms with E-state index in [-0.39, 0.29) is 23.5 Å². The number of ether oxygens (including phenoxy) is 2. The Morgan fingerprint density at radius 1 is 1.02 bits per heavy atom. The van der Waals surface area contributed by atoms with Crippen molar-refractivity contribution in [2.75, 3.05) is 57.6 Å². The SMILES string of the molecule is Cc1cccc(-n2nc(C(C)(C)C)cc2NC(=O)Nc2ccc(OCCN3CCOC(CC(=O)N(C)C)C3)c3ccccc23)c1. The Kier molecular flexibility index (Phi) is 9.74. The molecule has 0 spiro atoms. The maximum Gasteiger partial charge on any atom is 0.324 e. The minimum atomic E-state index is -0.363. The minimum Gasteiger partial charge on any atom is -0.492 e. The number of benzene rings is 3. The first kappa shape index (κ1) is 32.0. The van der Waals surface area contributed by atoms with E-state index < -0.39 is 0 Å². The smallest absolute Gasteiger partial charge is 0.324 e. The van der Waals surface area contributed by atoms with Crippen LogP contribution in [0.15, 0.2) is 66.7 Å². The molecule has 3 aromatic carbocycles. The molecule has 0 aliphatic carbocycles. The van der Waals surface area contributed by atoms with E-state index in [0.29, 0.717) is 37.7 Å². The van der Waals surface area contributed by atoms with E-state index in [1.54, 1.807) is 23.7 Å². The van der Waals surface area contributed by atoms with Crippen LogP contribution in [0.1, 0.15) is 38.4 Å². The second-order valence-corrected chi connectivity index (χ2v) is 12.8. The van der Waals surface area contributed by atoms with E-state index in [9.17, 15) is 9.59 Å². The van der Waals surface area contributed by atoms with E-state index >= 15 is 0 Å². The summed E-state index contributed by atoms with van der Waals surface area (Å²) in [5.41, 5.74) is 3.34. The van der Waals surface area contributed by atoms with Crippen molar-refractivity contribution in [3.8, 4) is 11.4 Å². The Hall–Kier alpha value is -4.41. The van der Waals surface area contributed by atoms with Crippen molar-refractivity contribution < 1.29 is 19.1 Å². The molecule has 3 amide bonds. The van der Waals surface area contributed by atoms with Crippen molar-refractivity contribution in [3.05, 3.63) is 78.0 Å². The van der Waals surface area contributed by atoms with Crippen LogP contribution in [0.4, 0.5) is 16.3 Å². The molecule has 1 aliphatic rings. The van der Waals surface area contributed by atoms with E-state index in [4.69, 9.17) is 14.6 Å². The van der Waals surface area contributed by atoms with Crippen molar-refractivity contribution in [1.29, 1.82) is 0 Å². The Balaban J connectivity index is 1.26. The van der Waals surface area contributed by atoms with Crippen LogP contribution in [0, 0.1) is 6.92 Å². The molecule has 1 aromatic heterocycles. The van der Waals surface area contributed by atoms with Crippen molar-refractivity contribution in [1.82, 2.24) is 19.6 Å². The lowest BCUT2D eigenvalue weighted by Gasteiger charge is -2.33. The summed E-state index contributed by atoms with van der Waals surface area (Å²) in [6, 6.07) is 21.2. The topological polar surface area (TPSA) is 101 Å². The van der Waals surface area contributed by atoms with Crippen LogP contribution < -0.4 is 15.4 Å². The zero-order chi connectivity index (χ0) is 32.1. The van der Waals surface area contributed by atoms with Gasteiger partial charge in [0.25, 0.3) is 0 Å². The van der Waals surface area contributed by atoms with Crippen LogP contribution in [0.5, 0.6) is 5.75 Å². The number of anilines is 2. The maximum atomic E-state index is 13.4. The lowest BCUT2D eigenvalue weighted by molar-refractivity contribution is -0.133. The van der Waals surface area contributed by atoms with Crippen LogP contribution in [0.25, 0.3) is 16.5 Å². The second kappa shape index (κ2) is 13.7. The fraction of sp³-hybridized carbons (Fsp3) is 0.400. The standard InChI is InChI=1S/C35H44N6O4/c1-24-10-9-11-25(20-24)41-32(22-31(38-41)35(2,3)4)37-34(43)36-29-14-15-30(28-13-8-7-12-27(28)29)45-19-17-40-16-18-44-26(23-40)21-33(42)39(5)6/h7-15,20,22,26H,16-19,21,23H2,1-6H3,(H2,36,37,43). The third kappa shape index (κ3) is 8.01. The molecule has 238 valence electrons. The van der Waals surface area contributed by atoms with Crippen molar-refractivity contribution >= 4 is 34.2 Å². The van der Waals surface area contributed by atoms with Gasteiger partial charge in [-0.25, -0.2) is 9.48 Å². The molecule has 2 heterocycles. The number of nitrogens with zero attached hydrogens (tertiary/aromatic N) is 4. The highest BCUT2D eigenvalue weighted by Gasteiger charge is 2.24. The number of carbonyl (C=O) groups is 2. The zero-order valence-corrected chi connectivity index (χ0v) is 27.1. The number of fused-ring (bicyclic) bond motifs is 1. The van der Waals surface area contributed by atoms with Gasteiger partial charge in [-0.2, -0.15) is 5.10 Å². The van der Waals surface area contributed by atoms with Crippen molar-refractivity contribution in [2.24, 2.45) is 0 Å². The van der Waals surface area contributed by atoms with E-state index in [1.165, 1.54) is 0 Å². The molecular formula is C35H44N6O4. The van der Waals surface area contributed by atoms with Gasteiger partial charge in [0, 0.05) is 56.0 Å². The molecule has 10 nitrogen and oxygen atoms in total.